The van der Waals surface area contributed by atoms with E-state index in [1.54, 1.807) is 0 Å². The van der Waals surface area contributed by atoms with Crippen LogP contribution in [-0.2, 0) is 12.8 Å². The summed E-state index contributed by atoms with van der Waals surface area (Å²) in [6.07, 6.45) is 1.80. The largest absolute Gasteiger partial charge is 0.454 e. The molecule has 0 aliphatic carbocycles. The molecule has 0 N–H and O–H groups in total. The molecule has 12 rings (SSSR count). The minimum Gasteiger partial charge on any atom is -0.454 e. The van der Waals surface area contributed by atoms with E-state index in [0.29, 0.717) is 0 Å². The molecule has 0 amide bonds. The number of hydrogen-bond donors (Lipinski definition) is 0. The Morgan fingerprint density at radius 1 is 0.339 bits per heavy atom. The fourth-order valence-electron chi connectivity index (χ4n) is 10.3. The highest BCUT2D eigenvalue weighted by Gasteiger charge is 2.27. The molecule has 12 aromatic rings. The number of fused-ring (bicyclic) bond motifs is 6. The fraction of sp³-hybridized carbons (Fsp3) is 0.103. The minimum absolute atomic E-state index is 0.887. The van der Waals surface area contributed by atoms with Gasteiger partial charge in [-0.3, -0.25) is 0 Å². The van der Waals surface area contributed by atoms with E-state index < -0.39 is 0 Å². The monoisotopic (exact) mass is 800 g/mol. The van der Waals surface area contributed by atoms with Crippen molar-refractivity contribution in [3.8, 4) is 0 Å². The van der Waals surface area contributed by atoms with Crippen LogP contribution in [0.4, 0.5) is 34.1 Å². The van der Waals surface area contributed by atoms with Crippen molar-refractivity contribution < 1.29 is 8.83 Å². The lowest BCUT2D eigenvalue weighted by atomic mass is 9.88. The summed E-state index contributed by atoms with van der Waals surface area (Å²) in [5, 5.41) is 11.9. The van der Waals surface area contributed by atoms with E-state index in [4.69, 9.17) is 8.83 Å². The Labute approximate surface area is 360 Å². The number of furan rings is 2. The van der Waals surface area contributed by atoms with Gasteiger partial charge >= 0.3 is 0 Å². The molecule has 0 unspecified atom stereocenters. The molecule has 0 spiro atoms. The van der Waals surface area contributed by atoms with Gasteiger partial charge in [0.2, 0.25) is 0 Å². The van der Waals surface area contributed by atoms with Crippen LogP contribution in [-0.4, -0.2) is 0 Å². The van der Waals surface area contributed by atoms with Crippen molar-refractivity contribution in [2.75, 3.05) is 9.80 Å². The first-order valence-electron chi connectivity index (χ1n) is 21.8. The molecule has 0 aliphatic heterocycles. The van der Waals surface area contributed by atoms with Crippen LogP contribution in [0.25, 0.3) is 76.2 Å². The van der Waals surface area contributed by atoms with Gasteiger partial charge in [0, 0.05) is 43.7 Å². The lowest BCUT2D eigenvalue weighted by Crippen LogP contribution is -2.12. The Morgan fingerprint density at radius 2 is 0.710 bits per heavy atom. The van der Waals surface area contributed by atoms with Crippen molar-refractivity contribution in [1.82, 2.24) is 0 Å². The third-order valence-corrected chi connectivity index (χ3v) is 13.2. The normalized spacial score (nSPS) is 12.0. The first-order valence-corrected chi connectivity index (χ1v) is 21.8. The number of anilines is 6. The maximum atomic E-state index is 6.93. The number of rotatable bonds is 8. The first-order chi connectivity index (χ1) is 30.5. The number of benzene rings is 10. The molecule has 2 heterocycles. The van der Waals surface area contributed by atoms with Gasteiger partial charge in [0.25, 0.3) is 0 Å². The number of aryl methyl sites for hydroxylation is 4. The van der Waals surface area contributed by atoms with Gasteiger partial charge in [0.05, 0.1) is 22.7 Å². The molecule has 4 heteroatoms. The Balaban J connectivity index is 1.16. The zero-order chi connectivity index (χ0) is 41.6. The van der Waals surface area contributed by atoms with Gasteiger partial charge in [0.1, 0.15) is 11.2 Å². The second-order valence-electron chi connectivity index (χ2n) is 16.6. The van der Waals surface area contributed by atoms with Crippen molar-refractivity contribution in [3.63, 3.8) is 0 Å². The second-order valence-corrected chi connectivity index (χ2v) is 16.6. The molecule has 0 atom stereocenters. The van der Waals surface area contributed by atoms with Gasteiger partial charge in [-0.25, -0.2) is 0 Å². The maximum Gasteiger partial charge on any atom is 0.159 e. The van der Waals surface area contributed by atoms with Crippen LogP contribution in [0.1, 0.15) is 36.1 Å². The molecular weight excluding hydrogens is 757 g/mol. The van der Waals surface area contributed by atoms with Crippen molar-refractivity contribution in [2.45, 2.75) is 40.5 Å². The van der Waals surface area contributed by atoms with E-state index in [9.17, 15) is 0 Å². The quantitative estimate of drug-likeness (QED) is 0.143. The van der Waals surface area contributed by atoms with Gasteiger partial charge in [0.15, 0.2) is 11.2 Å². The molecule has 0 fully saturated rings. The van der Waals surface area contributed by atoms with Crippen LogP contribution in [0.15, 0.2) is 179 Å². The van der Waals surface area contributed by atoms with E-state index in [1.165, 1.54) is 54.6 Å². The van der Waals surface area contributed by atoms with Crippen LogP contribution in [0.2, 0.25) is 0 Å². The maximum absolute atomic E-state index is 6.93. The molecule has 62 heavy (non-hydrogen) atoms. The summed E-state index contributed by atoms with van der Waals surface area (Å²) < 4.78 is 13.9. The molecule has 10 aromatic carbocycles. The zero-order valence-corrected chi connectivity index (χ0v) is 35.3. The Hall–Kier alpha value is -7.56. The fourth-order valence-corrected chi connectivity index (χ4v) is 10.3. The minimum atomic E-state index is 0.887. The van der Waals surface area contributed by atoms with Gasteiger partial charge in [-0.1, -0.05) is 135 Å². The van der Waals surface area contributed by atoms with Crippen LogP contribution in [0, 0.1) is 13.8 Å². The van der Waals surface area contributed by atoms with Crippen molar-refractivity contribution in [2.24, 2.45) is 0 Å². The average Bonchev–Trinajstić information content (AvgIpc) is 3.90. The van der Waals surface area contributed by atoms with Crippen molar-refractivity contribution in [3.05, 3.63) is 192 Å². The van der Waals surface area contributed by atoms with Gasteiger partial charge < -0.3 is 18.6 Å². The average molecular weight is 801 g/mol. The van der Waals surface area contributed by atoms with E-state index >= 15 is 0 Å². The first kappa shape index (κ1) is 36.3. The molecule has 4 nitrogen and oxygen atoms in total. The topological polar surface area (TPSA) is 32.8 Å². The molecule has 0 radical (unpaired) electrons. The number of para-hydroxylation sites is 6. The Morgan fingerprint density at radius 3 is 1.11 bits per heavy atom. The lowest BCUT2D eigenvalue weighted by Gasteiger charge is -2.30. The van der Waals surface area contributed by atoms with E-state index in [2.05, 4.69) is 207 Å². The van der Waals surface area contributed by atoms with Gasteiger partial charge in [-0.05, 0) is 119 Å². The molecule has 0 saturated heterocycles. The molecule has 0 aliphatic rings. The van der Waals surface area contributed by atoms with Gasteiger partial charge in [-0.2, -0.15) is 0 Å². The highest BCUT2D eigenvalue weighted by atomic mass is 16.3. The molecule has 0 bridgehead atoms. The molecule has 0 saturated carbocycles. The van der Waals surface area contributed by atoms with Crippen molar-refractivity contribution >= 4 is 110 Å². The van der Waals surface area contributed by atoms with E-state index in [1.807, 2.05) is 0 Å². The molecule has 2 aromatic heterocycles. The van der Waals surface area contributed by atoms with Crippen molar-refractivity contribution in [1.29, 1.82) is 0 Å². The second kappa shape index (κ2) is 14.0. The smallest absolute Gasteiger partial charge is 0.159 e. The summed E-state index contributed by atoms with van der Waals surface area (Å²) in [7, 11) is 0. The van der Waals surface area contributed by atoms with E-state index in [0.717, 1.165) is 90.8 Å². The Kier molecular flexibility index (Phi) is 8.20. The third kappa shape index (κ3) is 5.26. The summed E-state index contributed by atoms with van der Waals surface area (Å²) in [4.78, 5) is 4.82. The third-order valence-electron chi connectivity index (χ3n) is 13.2. The van der Waals surface area contributed by atoms with Crippen LogP contribution in [0.3, 0.4) is 0 Å². The highest BCUT2D eigenvalue weighted by molar-refractivity contribution is 6.30. The standard InChI is InChI=1S/C58H44N2O2/c1-5-37-17-13-23-43-45-25-15-27-49(57(45)61-55(37)43)59(39-19-9-7-10-20-39)51-33-35(3)41-30-32-48-52(34-36(4)42-29-31-47(51)53(41)54(42)48)60(40-21-11-8-12-22-40)50-28-16-26-46-44-24-14-18-38(6-2)56(44)62-58(46)50/h7-34H,5-6H2,1-4H3. The van der Waals surface area contributed by atoms with Crippen LogP contribution in [0.5, 0.6) is 0 Å². The highest BCUT2D eigenvalue weighted by Crippen LogP contribution is 2.51. The SMILES string of the molecule is CCc1cccc2c1oc1c(N(c3ccccc3)c3cc(C)c4ccc5c(N(c6ccccc6)c6cccc7c6oc6c(CC)cccc67)cc(C)c6ccc3c4c65)cccc12. The summed E-state index contributed by atoms with van der Waals surface area (Å²) >= 11 is 0. The predicted molar refractivity (Wildman–Crippen MR) is 262 cm³/mol. The summed E-state index contributed by atoms with van der Waals surface area (Å²) in [5.41, 5.74) is 15.0. The molecular formula is C58H44N2O2. The van der Waals surface area contributed by atoms with Crippen LogP contribution >= 0.6 is 0 Å². The number of nitrogens with zero attached hydrogens (tertiary/aromatic N) is 2. The summed E-state index contributed by atoms with van der Waals surface area (Å²) in [5.74, 6) is 0. The van der Waals surface area contributed by atoms with Gasteiger partial charge in [-0.15, -0.1) is 0 Å². The Bertz CT molecular complexity index is 3450. The summed E-state index contributed by atoms with van der Waals surface area (Å²) in [6, 6.07) is 61.7. The van der Waals surface area contributed by atoms with E-state index in [-0.39, 0.29) is 0 Å². The lowest BCUT2D eigenvalue weighted by molar-refractivity contribution is 0.663. The molecule has 298 valence electrons. The zero-order valence-electron chi connectivity index (χ0n) is 35.3. The summed E-state index contributed by atoms with van der Waals surface area (Å²) in [6.45, 7) is 8.90. The predicted octanol–water partition coefficient (Wildman–Crippen LogP) is 17.1. The number of hydrogen-bond acceptors (Lipinski definition) is 4. The van der Waals surface area contributed by atoms with Crippen LogP contribution < -0.4 is 9.80 Å².